The molecule has 0 aliphatic rings. The molecule has 0 aromatic heterocycles. The van der Waals surface area contributed by atoms with Crippen LogP contribution in [0.15, 0.2) is 42.5 Å². The molecule has 6 nitrogen and oxygen atoms in total. The third kappa shape index (κ3) is 3.83. The lowest BCUT2D eigenvalue weighted by Crippen LogP contribution is -2.40. The molecule has 3 N–H and O–H groups in total. The van der Waals surface area contributed by atoms with Gasteiger partial charge in [0, 0.05) is 12.7 Å². The van der Waals surface area contributed by atoms with Crippen molar-refractivity contribution in [3.05, 3.63) is 53.6 Å². The molecule has 0 aliphatic carbocycles. The molecule has 1 unspecified atom stereocenters. The molecule has 2 rings (SSSR count). The zero-order chi connectivity index (χ0) is 18.4. The third-order valence-electron chi connectivity index (χ3n) is 3.96. The van der Waals surface area contributed by atoms with E-state index in [2.05, 4.69) is 10.6 Å². The maximum Gasteiger partial charge on any atom is 0.333 e. The molecule has 0 bridgehead atoms. The summed E-state index contributed by atoms with van der Waals surface area (Å²) < 4.78 is 5.54. The number of aliphatic carboxylic acids is 1. The van der Waals surface area contributed by atoms with Crippen molar-refractivity contribution in [1.82, 2.24) is 0 Å². The first-order valence-electron chi connectivity index (χ1n) is 7.91. The molecule has 0 amide bonds. The van der Waals surface area contributed by atoms with Crippen molar-refractivity contribution in [3.63, 3.8) is 0 Å². The summed E-state index contributed by atoms with van der Waals surface area (Å²) in [5.41, 5.74) is 1.08. The molecular weight excluding hydrogens is 318 g/mol. The molecule has 2 aromatic carbocycles. The lowest BCUT2D eigenvalue weighted by atomic mass is 9.91. The second-order valence-electron chi connectivity index (χ2n) is 5.64. The van der Waals surface area contributed by atoms with Crippen LogP contribution >= 0.6 is 0 Å². The lowest BCUT2D eigenvalue weighted by Gasteiger charge is -2.29. The number of nitrogens with one attached hydrogen (secondary N) is 2. The van der Waals surface area contributed by atoms with Crippen molar-refractivity contribution in [2.24, 2.45) is 0 Å². The van der Waals surface area contributed by atoms with Crippen LogP contribution in [-0.2, 0) is 10.3 Å². The van der Waals surface area contributed by atoms with Gasteiger partial charge in [0.1, 0.15) is 5.75 Å². The predicted molar refractivity (Wildman–Crippen MR) is 96.9 cm³/mol. The molecule has 1 atom stereocenters. The summed E-state index contributed by atoms with van der Waals surface area (Å²) in [6.07, 6.45) is 0. The second-order valence-corrected chi connectivity index (χ2v) is 5.64. The molecule has 0 fully saturated rings. The average Bonchev–Trinajstić information content (AvgIpc) is 2.62. The molecule has 130 valence electrons. The van der Waals surface area contributed by atoms with E-state index in [9.17, 15) is 9.90 Å². The maximum atomic E-state index is 12.0. The summed E-state index contributed by atoms with van der Waals surface area (Å²) in [7, 11) is 1.76. The molecule has 0 spiro atoms. The number of benzene rings is 2. The summed E-state index contributed by atoms with van der Waals surface area (Å²) in [5, 5.41) is 24.8. The van der Waals surface area contributed by atoms with Gasteiger partial charge in [-0.3, -0.25) is 0 Å². The van der Waals surface area contributed by atoms with Crippen LogP contribution < -0.4 is 15.4 Å². The Morgan fingerprint density at radius 2 is 1.96 bits per heavy atom. The number of ether oxygens (including phenoxy) is 1. The molecular formula is C19H21N3O3. The van der Waals surface area contributed by atoms with E-state index in [1.54, 1.807) is 56.4 Å². The summed E-state index contributed by atoms with van der Waals surface area (Å²) in [6.45, 7) is 4.01. The highest BCUT2D eigenvalue weighted by molar-refractivity contribution is 5.85. The van der Waals surface area contributed by atoms with Gasteiger partial charge >= 0.3 is 5.97 Å². The first-order chi connectivity index (χ1) is 11.9. The highest BCUT2D eigenvalue weighted by Crippen LogP contribution is 2.33. The summed E-state index contributed by atoms with van der Waals surface area (Å²) in [5.74, 6) is -0.345. The van der Waals surface area contributed by atoms with Crippen LogP contribution in [-0.4, -0.2) is 24.7 Å². The normalized spacial score (nSPS) is 12.6. The molecule has 0 aliphatic heterocycles. The predicted octanol–water partition coefficient (Wildman–Crippen LogP) is 3.41. The number of nitrogens with zero attached hydrogens (tertiary/aromatic N) is 1. The Morgan fingerprint density at radius 3 is 2.48 bits per heavy atom. The van der Waals surface area contributed by atoms with E-state index in [1.165, 1.54) is 0 Å². The molecule has 6 heteroatoms. The molecule has 2 aromatic rings. The minimum atomic E-state index is -1.34. The first-order valence-corrected chi connectivity index (χ1v) is 7.91. The van der Waals surface area contributed by atoms with Crippen molar-refractivity contribution >= 4 is 17.3 Å². The van der Waals surface area contributed by atoms with E-state index in [4.69, 9.17) is 10.00 Å². The van der Waals surface area contributed by atoms with Gasteiger partial charge in [0.05, 0.1) is 23.9 Å². The minimum Gasteiger partial charge on any atom is -0.492 e. The van der Waals surface area contributed by atoms with E-state index in [0.29, 0.717) is 34.9 Å². The number of hydrogen-bond acceptors (Lipinski definition) is 5. The Hall–Kier alpha value is -3.20. The molecule has 0 saturated heterocycles. The van der Waals surface area contributed by atoms with Gasteiger partial charge in [-0.2, -0.15) is 5.26 Å². The number of hydrogen-bond donors (Lipinski definition) is 3. The lowest BCUT2D eigenvalue weighted by molar-refractivity contribution is -0.142. The highest BCUT2D eigenvalue weighted by Gasteiger charge is 2.35. The van der Waals surface area contributed by atoms with Crippen LogP contribution in [0.25, 0.3) is 0 Å². The number of anilines is 2. The highest BCUT2D eigenvalue weighted by atomic mass is 16.5. The Labute approximate surface area is 147 Å². The van der Waals surface area contributed by atoms with Gasteiger partial charge in [0.25, 0.3) is 0 Å². The fourth-order valence-electron chi connectivity index (χ4n) is 2.48. The average molecular weight is 339 g/mol. The van der Waals surface area contributed by atoms with Gasteiger partial charge in [-0.1, -0.05) is 6.07 Å². The van der Waals surface area contributed by atoms with Gasteiger partial charge in [-0.25, -0.2) is 4.79 Å². The third-order valence-corrected chi connectivity index (χ3v) is 3.96. The number of nitriles is 1. The van der Waals surface area contributed by atoms with E-state index in [1.807, 2.05) is 13.0 Å². The Kier molecular flexibility index (Phi) is 5.50. The van der Waals surface area contributed by atoms with E-state index in [-0.39, 0.29) is 0 Å². The van der Waals surface area contributed by atoms with Crippen LogP contribution in [0, 0.1) is 11.3 Å². The fourth-order valence-corrected chi connectivity index (χ4v) is 2.48. The summed E-state index contributed by atoms with van der Waals surface area (Å²) >= 11 is 0. The maximum absolute atomic E-state index is 12.0. The van der Waals surface area contributed by atoms with Gasteiger partial charge < -0.3 is 20.5 Å². The molecule has 25 heavy (non-hydrogen) atoms. The quantitative estimate of drug-likeness (QED) is 0.715. The number of carboxylic acids is 1. The summed E-state index contributed by atoms with van der Waals surface area (Å²) in [4.78, 5) is 12.0. The van der Waals surface area contributed by atoms with Crippen molar-refractivity contribution < 1.29 is 14.6 Å². The molecule has 0 radical (unpaired) electrons. The zero-order valence-electron chi connectivity index (χ0n) is 14.5. The summed E-state index contributed by atoms with van der Waals surface area (Å²) in [6, 6.07) is 13.9. The largest absolute Gasteiger partial charge is 0.492 e. The van der Waals surface area contributed by atoms with Crippen LogP contribution in [0.5, 0.6) is 5.75 Å². The Morgan fingerprint density at radius 1 is 1.28 bits per heavy atom. The number of carboxylic acid groups (broad SMARTS) is 1. The first kappa shape index (κ1) is 18.1. The van der Waals surface area contributed by atoms with Crippen LogP contribution in [0.2, 0.25) is 0 Å². The van der Waals surface area contributed by atoms with Gasteiger partial charge in [-0.15, -0.1) is 0 Å². The minimum absolute atomic E-state index is 0.515. The number of rotatable bonds is 7. The molecule has 0 saturated carbocycles. The topological polar surface area (TPSA) is 94.4 Å². The van der Waals surface area contributed by atoms with Crippen molar-refractivity contribution in [1.29, 1.82) is 5.26 Å². The van der Waals surface area contributed by atoms with Gasteiger partial charge in [0.15, 0.2) is 5.54 Å². The van der Waals surface area contributed by atoms with E-state index < -0.39 is 11.5 Å². The smallest absolute Gasteiger partial charge is 0.333 e. The fraction of sp³-hybridized carbons (Fsp3) is 0.263. The van der Waals surface area contributed by atoms with Gasteiger partial charge in [-0.05, 0) is 55.8 Å². The second kappa shape index (κ2) is 7.58. The van der Waals surface area contributed by atoms with E-state index >= 15 is 0 Å². The van der Waals surface area contributed by atoms with E-state index in [0.717, 1.165) is 0 Å². The SMILES string of the molecule is CCOc1ccc(C(C)(Nc2ccc(C#N)cc2)C(=O)O)cc1NC. The van der Waals surface area contributed by atoms with Crippen molar-refractivity contribution in [3.8, 4) is 11.8 Å². The number of carbonyl (C=O) groups is 1. The van der Waals surface area contributed by atoms with Crippen LogP contribution in [0.4, 0.5) is 11.4 Å². The Balaban J connectivity index is 2.41. The zero-order valence-corrected chi connectivity index (χ0v) is 14.5. The van der Waals surface area contributed by atoms with Crippen molar-refractivity contribution in [2.45, 2.75) is 19.4 Å². The van der Waals surface area contributed by atoms with Crippen LogP contribution in [0.3, 0.4) is 0 Å². The molecule has 0 heterocycles. The standard InChI is InChI=1S/C19H21N3O3/c1-4-25-17-10-7-14(11-16(17)21-3)19(2,18(23)24)22-15-8-5-13(12-20)6-9-15/h5-11,21-22H,4H2,1-3H3,(H,23,24). The van der Waals surface area contributed by atoms with Gasteiger partial charge in [0.2, 0.25) is 0 Å². The van der Waals surface area contributed by atoms with Crippen molar-refractivity contribution in [2.75, 3.05) is 24.3 Å². The Bertz CT molecular complexity index is 797. The van der Waals surface area contributed by atoms with Crippen LogP contribution in [0.1, 0.15) is 25.0 Å². The monoisotopic (exact) mass is 339 g/mol.